The first-order valence-electron chi connectivity index (χ1n) is 8.24. The molecule has 21 heavy (non-hydrogen) atoms. The van der Waals surface area contributed by atoms with E-state index in [1.165, 1.54) is 0 Å². The van der Waals surface area contributed by atoms with Crippen LogP contribution in [0.4, 0.5) is 4.79 Å². The zero-order valence-corrected chi connectivity index (χ0v) is 12.6. The summed E-state index contributed by atoms with van der Waals surface area (Å²) in [5, 5.41) is 2.85. The second-order valence-electron chi connectivity index (χ2n) is 6.59. The van der Waals surface area contributed by atoms with E-state index >= 15 is 0 Å². The van der Waals surface area contributed by atoms with Gasteiger partial charge in [0.1, 0.15) is 0 Å². The fourth-order valence-electron chi connectivity index (χ4n) is 3.86. The summed E-state index contributed by atoms with van der Waals surface area (Å²) >= 11 is 0. The molecule has 3 amide bonds. The highest BCUT2D eigenvalue weighted by Crippen LogP contribution is 2.27. The Morgan fingerprint density at radius 2 is 1.71 bits per heavy atom. The molecule has 0 spiro atoms. The van der Waals surface area contributed by atoms with Crippen molar-refractivity contribution < 1.29 is 9.59 Å². The lowest BCUT2D eigenvalue weighted by Crippen LogP contribution is -2.49. The van der Waals surface area contributed by atoms with Crippen LogP contribution < -0.4 is 11.1 Å². The number of nitrogens with one attached hydrogen (secondary N) is 1. The summed E-state index contributed by atoms with van der Waals surface area (Å²) in [6, 6.07) is 0.644. The molecule has 0 aromatic carbocycles. The Balaban J connectivity index is 1.49. The van der Waals surface area contributed by atoms with Gasteiger partial charge in [-0.15, -0.1) is 0 Å². The van der Waals surface area contributed by atoms with Crippen LogP contribution in [-0.2, 0) is 4.79 Å². The van der Waals surface area contributed by atoms with Gasteiger partial charge < -0.3 is 20.9 Å². The van der Waals surface area contributed by atoms with E-state index in [0.717, 1.165) is 64.7 Å². The van der Waals surface area contributed by atoms with E-state index < -0.39 is 0 Å². The van der Waals surface area contributed by atoms with E-state index in [4.69, 9.17) is 5.73 Å². The van der Waals surface area contributed by atoms with Crippen LogP contribution in [0.5, 0.6) is 0 Å². The maximum absolute atomic E-state index is 12.5. The van der Waals surface area contributed by atoms with Crippen LogP contribution in [0.3, 0.4) is 0 Å². The Bertz CT molecular complexity index is 398. The molecule has 0 aromatic heterocycles. The van der Waals surface area contributed by atoms with Crippen LogP contribution >= 0.6 is 0 Å². The Labute approximate surface area is 126 Å². The zero-order valence-electron chi connectivity index (χ0n) is 12.6. The van der Waals surface area contributed by atoms with E-state index in [0.29, 0.717) is 11.9 Å². The molecular formula is C15H26N4O2. The lowest BCUT2D eigenvalue weighted by molar-refractivity contribution is -0.138. The number of nitrogens with two attached hydrogens (primary N) is 1. The van der Waals surface area contributed by atoms with Crippen molar-refractivity contribution in [2.75, 3.05) is 26.2 Å². The molecule has 0 aromatic rings. The van der Waals surface area contributed by atoms with Crippen LogP contribution in [0.2, 0.25) is 0 Å². The maximum Gasteiger partial charge on any atom is 0.317 e. The van der Waals surface area contributed by atoms with Crippen molar-refractivity contribution in [2.24, 2.45) is 11.7 Å². The van der Waals surface area contributed by atoms with Crippen molar-refractivity contribution in [2.45, 2.75) is 50.6 Å². The summed E-state index contributed by atoms with van der Waals surface area (Å²) in [4.78, 5) is 28.2. The molecule has 3 fully saturated rings. The topological polar surface area (TPSA) is 78.7 Å². The second kappa shape index (κ2) is 6.22. The molecule has 1 saturated carbocycles. The average molecular weight is 294 g/mol. The highest BCUT2D eigenvalue weighted by molar-refractivity contribution is 5.79. The largest absolute Gasteiger partial charge is 0.342 e. The molecule has 6 heteroatoms. The van der Waals surface area contributed by atoms with Gasteiger partial charge >= 0.3 is 6.03 Å². The predicted molar refractivity (Wildman–Crippen MR) is 79.6 cm³/mol. The number of urea groups is 1. The van der Waals surface area contributed by atoms with E-state index in [-0.39, 0.29) is 18.0 Å². The molecule has 2 aliphatic heterocycles. The number of carbonyl (C=O) groups excluding carboxylic acids is 2. The number of hydrogen-bond donors (Lipinski definition) is 2. The number of likely N-dealkylation sites (tertiary alicyclic amines) is 1. The summed E-state index contributed by atoms with van der Waals surface area (Å²) in [7, 11) is 0. The standard InChI is InChI=1S/C15H26N4O2/c16-12-3-1-11(2-4-12)14(20)18-8-5-13(6-9-18)19-10-7-17-15(19)21/h11-13H,1-10,16H2,(H,17,21). The van der Waals surface area contributed by atoms with Crippen molar-refractivity contribution >= 4 is 11.9 Å². The Morgan fingerprint density at radius 3 is 2.29 bits per heavy atom. The molecule has 0 radical (unpaired) electrons. The minimum absolute atomic E-state index is 0.0565. The fourth-order valence-corrected chi connectivity index (χ4v) is 3.86. The summed E-state index contributed by atoms with van der Waals surface area (Å²) in [5.41, 5.74) is 5.91. The molecule has 0 unspecified atom stereocenters. The summed E-state index contributed by atoms with van der Waals surface area (Å²) < 4.78 is 0. The van der Waals surface area contributed by atoms with Crippen LogP contribution in [0.15, 0.2) is 0 Å². The quantitative estimate of drug-likeness (QED) is 0.779. The fraction of sp³-hybridized carbons (Fsp3) is 0.867. The van der Waals surface area contributed by atoms with Gasteiger partial charge in [0.05, 0.1) is 0 Å². The molecule has 1 aliphatic carbocycles. The van der Waals surface area contributed by atoms with Crippen LogP contribution in [-0.4, -0.2) is 60.0 Å². The number of rotatable bonds is 2. The first-order chi connectivity index (χ1) is 10.1. The first kappa shape index (κ1) is 14.6. The highest BCUT2D eigenvalue weighted by atomic mass is 16.2. The van der Waals surface area contributed by atoms with Crippen LogP contribution in [0.25, 0.3) is 0 Å². The van der Waals surface area contributed by atoms with Gasteiger partial charge in [-0.05, 0) is 38.5 Å². The number of piperidine rings is 1. The van der Waals surface area contributed by atoms with Crippen molar-refractivity contribution in [3.05, 3.63) is 0 Å². The van der Waals surface area contributed by atoms with E-state index in [1.54, 1.807) is 0 Å². The molecule has 118 valence electrons. The number of carbonyl (C=O) groups is 2. The van der Waals surface area contributed by atoms with Gasteiger partial charge in [0.15, 0.2) is 0 Å². The van der Waals surface area contributed by atoms with Gasteiger partial charge in [-0.25, -0.2) is 4.79 Å². The highest BCUT2D eigenvalue weighted by Gasteiger charge is 2.34. The molecular weight excluding hydrogens is 268 g/mol. The smallest absolute Gasteiger partial charge is 0.317 e. The van der Waals surface area contributed by atoms with Crippen LogP contribution in [0, 0.1) is 5.92 Å². The third-order valence-electron chi connectivity index (χ3n) is 5.23. The minimum Gasteiger partial charge on any atom is -0.342 e. The minimum atomic E-state index is 0.0565. The summed E-state index contributed by atoms with van der Waals surface area (Å²) in [6.45, 7) is 3.13. The lowest BCUT2D eigenvalue weighted by atomic mass is 9.85. The molecule has 2 saturated heterocycles. The Morgan fingerprint density at radius 1 is 1.05 bits per heavy atom. The molecule has 2 heterocycles. The summed E-state index contributed by atoms with van der Waals surface area (Å²) in [6.07, 6.45) is 5.64. The van der Waals surface area contributed by atoms with Gasteiger partial charge in [-0.1, -0.05) is 0 Å². The van der Waals surface area contributed by atoms with Gasteiger partial charge in [-0.3, -0.25) is 4.79 Å². The van der Waals surface area contributed by atoms with Crippen molar-refractivity contribution in [3.63, 3.8) is 0 Å². The summed E-state index contributed by atoms with van der Waals surface area (Å²) in [5.74, 6) is 0.489. The SMILES string of the molecule is NC1CCC(C(=O)N2CCC(N3CCNC3=O)CC2)CC1. The maximum atomic E-state index is 12.5. The van der Waals surface area contributed by atoms with Gasteiger partial charge in [-0.2, -0.15) is 0 Å². The second-order valence-corrected chi connectivity index (χ2v) is 6.59. The van der Waals surface area contributed by atoms with E-state index in [9.17, 15) is 9.59 Å². The Kier molecular flexibility index (Phi) is 4.33. The lowest BCUT2D eigenvalue weighted by Gasteiger charge is -2.38. The van der Waals surface area contributed by atoms with Gasteiger partial charge in [0.2, 0.25) is 5.91 Å². The monoisotopic (exact) mass is 294 g/mol. The van der Waals surface area contributed by atoms with E-state index in [2.05, 4.69) is 5.32 Å². The third kappa shape index (κ3) is 3.15. The van der Waals surface area contributed by atoms with Crippen LogP contribution in [0.1, 0.15) is 38.5 Å². The number of nitrogens with zero attached hydrogens (tertiary/aromatic N) is 2. The number of hydrogen-bond acceptors (Lipinski definition) is 3. The molecule has 6 nitrogen and oxygen atoms in total. The van der Waals surface area contributed by atoms with Crippen molar-refractivity contribution in [1.29, 1.82) is 0 Å². The molecule has 0 bridgehead atoms. The van der Waals surface area contributed by atoms with Gasteiger partial charge in [0, 0.05) is 44.2 Å². The molecule has 3 rings (SSSR count). The molecule has 0 atom stereocenters. The number of amides is 3. The normalized spacial score (nSPS) is 31.4. The molecule has 3 aliphatic rings. The van der Waals surface area contributed by atoms with Gasteiger partial charge in [0.25, 0.3) is 0 Å². The predicted octanol–water partition coefficient (Wildman–Crippen LogP) is 0.520. The van der Waals surface area contributed by atoms with Crippen molar-refractivity contribution in [1.82, 2.24) is 15.1 Å². The zero-order chi connectivity index (χ0) is 14.8. The van der Waals surface area contributed by atoms with Crippen molar-refractivity contribution in [3.8, 4) is 0 Å². The molecule has 3 N–H and O–H groups in total. The average Bonchev–Trinajstić information content (AvgIpc) is 2.94. The third-order valence-corrected chi connectivity index (χ3v) is 5.23. The first-order valence-corrected chi connectivity index (χ1v) is 8.24. The Hall–Kier alpha value is -1.30. The van der Waals surface area contributed by atoms with E-state index in [1.807, 2.05) is 9.80 Å².